The average molecular weight is 290 g/mol. The molecule has 1 N–H and O–H groups in total. The van der Waals surface area contributed by atoms with Crippen LogP contribution in [0.2, 0.25) is 0 Å². The van der Waals surface area contributed by atoms with E-state index < -0.39 is 0 Å². The quantitative estimate of drug-likeness (QED) is 0.684. The maximum Gasteiger partial charge on any atom is 0.0958 e. The Morgan fingerprint density at radius 1 is 1.05 bits per heavy atom. The van der Waals surface area contributed by atoms with Gasteiger partial charge in [0.05, 0.1) is 5.69 Å². The molecule has 0 bridgehead atoms. The molecule has 0 atom stereocenters. The fourth-order valence-electron chi connectivity index (χ4n) is 2.09. The summed E-state index contributed by atoms with van der Waals surface area (Å²) in [6, 6.07) is 0. The molecule has 1 heterocycles. The maximum absolute atomic E-state index is 4.37. The molecule has 0 aliphatic heterocycles. The van der Waals surface area contributed by atoms with Gasteiger partial charge in [-0.25, -0.2) is 0 Å². The molecular weight excluding hydrogens is 256 g/mol. The van der Waals surface area contributed by atoms with Crippen LogP contribution in [0.4, 0.5) is 0 Å². The maximum atomic E-state index is 4.37. The predicted octanol–water partition coefficient (Wildman–Crippen LogP) is 6.26. The van der Waals surface area contributed by atoms with Crippen LogP contribution < -0.4 is 0 Å². The summed E-state index contributed by atoms with van der Waals surface area (Å²) in [5.41, 5.74) is 6.17. The Labute approximate surface area is 132 Å². The van der Waals surface area contributed by atoms with E-state index in [2.05, 4.69) is 35.9 Å². The Balaban J connectivity index is 0. The molecule has 0 saturated carbocycles. The van der Waals surface area contributed by atoms with Crippen molar-refractivity contribution < 1.29 is 0 Å². The minimum absolute atomic E-state index is 1.07. The van der Waals surface area contributed by atoms with Gasteiger partial charge in [-0.2, -0.15) is 5.10 Å². The molecule has 1 aromatic rings. The Morgan fingerprint density at radius 3 is 2.10 bits per heavy atom. The molecule has 1 aliphatic carbocycles. The molecule has 21 heavy (non-hydrogen) atoms. The minimum Gasteiger partial charge on any atom is -0.282 e. The topological polar surface area (TPSA) is 28.7 Å². The van der Waals surface area contributed by atoms with E-state index in [1.165, 1.54) is 22.4 Å². The summed E-state index contributed by atoms with van der Waals surface area (Å²) in [6.45, 7) is 20.0. The van der Waals surface area contributed by atoms with Crippen LogP contribution in [0.3, 0.4) is 0 Å². The minimum atomic E-state index is 1.07. The molecule has 0 saturated heterocycles. The number of aromatic nitrogens is 2. The van der Waals surface area contributed by atoms with Gasteiger partial charge in [0.1, 0.15) is 0 Å². The van der Waals surface area contributed by atoms with Gasteiger partial charge in [-0.05, 0) is 32.3 Å². The van der Waals surface area contributed by atoms with Crippen molar-refractivity contribution in [3.8, 4) is 0 Å². The summed E-state index contributed by atoms with van der Waals surface area (Å²) in [5.74, 6) is 0. The van der Waals surface area contributed by atoms with Crippen molar-refractivity contribution in [3.63, 3.8) is 0 Å². The first-order valence-corrected chi connectivity index (χ1v) is 8.30. The molecule has 120 valence electrons. The van der Waals surface area contributed by atoms with Gasteiger partial charge in [-0.3, -0.25) is 5.10 Å². The first-order valence-electron chi connectivity index (χ1n) is 8.30. The Bertz CT molecular complexity index is 448. The number of hydrogen-bond acceptors (Lipinski definition) is 1. The third-order valence-corrected chi connectivity index (χ3v) is 2.90. The standard InChI is InChI=1S/C13H16N2.3C2H6/c1-4-6-12-10(5-2)7-8-11-9(3)14-15-13(11)12;3*1-2/h4-6H,2,7-8H2,1,3H3,(H,14,15);3*1-2H3/b6-4-;;;. The lowest BCUT2D eigenvalue weighted by Crippen LogP contribution is -2.02. The van der Waals surface area contributed by atoms with Gasteiger partial charge in [0, 0.05) is 16.8 Å². The highest BCUT2D eigenvalue weighted by Gasteiger charge is 2.19. The van der Waals surface area contributed by atoms with E-state index >= 15 is 0 Å². The molecule has 2 nitrogen and oxygen atoms in total. The van der Waals surface area contributed by atoms with Gasteiger partial charge in [0.15, 0.2) is 0 Å². The van der Waals surface area contributed by atoms with E-state index in [-0.39, 0.29) is 0 Å². The summed E-state index contributed by atoms with van der Waals surface area (Å²) in [4.78, 5) is 0. The third-order valence-electron chi connectivity index (χ3n) is 2.90. The van der Waals surface area contributed by atoms with Crippen LogP contribution in [0.15, 0.2) is 30.4 Å². The highest BCUT2D eigenvalue weighted by atomic mass is 15.1. The number of allylic oxidation sites excluding steroid dienone is 5. The zero-order chi connectivity index (χ0) is 16.8. The molecular formula is C19H34N2. The van der Waals surface area contributed by atoms with E-state index in [1.54, 1.807) is 0 Å². The second kappa shape index (κ2) is 13.4. The van der Waals surface area contributed by atoms with Crippen molar-refractivity contribution in [2.45, 2.75) is 68.2 Å². The van der Waals surface area contributed by atoms with E-state index in [9.17, 15) is 0 Å². The number of aromatic amines is 1. The lowest BCUT2D eigenvalue weighted by molar-refractivity contribution is 0.934. The second-order valence-corrected chi connectivity index (χ2v) is 3.82. The second-order valence-electron chi connectivity index (χ2n) is 3.82. The number of nitrogens with zero attached hydrogens (tertiary/aromatic N) is 1. The zero-order valence-electron chi connectivity index (χ0n) is 15.3. The van der Waals surface area contributed by atoms with E-state index in [4.69, 9.17) is 0 Å². The van der Waals surface area contributed by atoms with Gasteiger partial charge >= 0.3 is 0 Å². The van der Waals surface area contributed by atoms with Gasteiger partial charge < -0.3 is 0 Å². The SMILES string of the molecule is C=CC1=C(/C=C\C)c2n[nH]c(C)c2CC1.CC.CC.CC. The Kier molecular flexibility index (Phi) is 13.9. The fourth-order valence-corrected chi connectivity index (χ4v) is 2.09. The van der Waals surface area contributed by atoms with Gasteiger partial charge in [0.25, 0.3) is 0 Å². The first-order chi connectivity index (χ1) is 10.3. The van der Waals surface area contributed by atoms with Gasteiger partial charge in [-0.1, -0.05) is 66.3 Å². The van der Waals surface area contributed by atoms with Crippen LogP contribution in [-0.2, 0) is 6.42 Å². The zero-order valence-corrected chi connectivity index (χ0v) is 15.3. The van der Waals surface area contributed by atoms with Crippen LogP contribution in [0.5, 0.6) is 0 Å². The van der Waals surface area contributed by atoms with Crippen molar-refractivity contribution in [2.24, 2.45) is 0 Å². The monoisotopic (exact) mass is 290 g/mol. The molecule has 0 fully saturated rings. The fraction of sp³-hybridized carbons (Fsp3) is 0.526. The number of aryl methyl sites for hydroxylation is 1. The smallest absolute Gasteiger partial charge is 0.0958 e. The number of H-pyrrole nitrogens is 1. The summed E-state index contributed by atoms with van der Waals surface area (Å²) in [7, 11) is 0. The molecule has 2 rings (SSSR count). The Morgan fingerprint density at radius 2 is 1.62 bits per heavy atom. The summed E-state index contributed by atoms with van der Waals surface area (Å²) < 4.78 is 0. The lowest BCUT2D eigenvalue weighted by atomic mass is 9.89. The molecule has 1 aromatic heterocycles. The van der Waals surface area contributed by atoms with Crippen molar-refractivity contribution in [3.05, 3.63) is 47.3 Å². The Hall–Kier alpha value is -1.57. The highest BCUT2D eigenvalue weighted by Crippen LogP contribution is 2.32. The summed E-state index contributed by atoms with van der Waals surface area (Å²) in [6.07, 6.45) is 8.26. The average Bonchev–Trinajstić information content (AvgIpc) is 2.95. The van der Waals surface area contributed by atoms with E-state index in [0.29, 0.717) is 0 Å². The van der Waals surface area contributed by atoms with Crippen LogP contribution in [0, 0.1) is 6.92 Å². The number of hydrogen-bond donors (Lipinski definition) is 1. The van der Waals surface area contributed by atoms with Crippen LogP contribution in [-0.4, -0.2) is 10.2 Å². The van der Waals surface area contributed by atoms with Crippen molar-refractivity contribution in [2.75, 3.05) is 0 Å². The normalized spacial score (nSPS) is 12.2. The number of fused-ring (bicyclic) bond motifs is 1. The van der Waals surface area contributed by atoms with Crippen LogP contribution in [0.1, 0.15) is 71.8 Å². The van der Waals surface area contributed by atoms with Gasteiger partial charge in [0.2, 0.25) is 0 Å². The molecule has 2 heteroatoms. The summed E-state index contributed by atoms with van der Waals surface area (Å²) >= 11 is 0. The van der Waals surface area contributed by atoms with E-state index in [0.717, 1.165) is 18.5 Å². The lowest BCUT2D eigenvalue weighted by Gasteiger charge is -2.15. The molecule has 1 aliphatic rings. The van der Waals surface area contributed by atoms with Crippen molar-refractivity contribution >= 4 is 5.57 Å². The van der Waals surface area contributed by atoms with Crippen LogP contribution >= 0.6 is 0 Å². The third kappa shape index (κ3) is 5.74. The molecule has 0 unspecified atom stereocenters. The molecule has 0 amide bonds. The van der Waals surface area contributed by atoms with Crippen LogP contribution in [0.25, 0.3) is 5.57 Å². The van der Waals surface area contributed by atoms with Crippen molar-refractivity contribution in [1.29, 1.82) is 0 Å². The molecule has 0 spiro atoms. The number of nitrogens with one attached hydrogen (secondary N) is 1. The van der Waals surface area contributed by atoms with Crippen molar-refractivity contribution in [1.82, 2.24) is 10.2 Å². The summed E-state index contributed by atoms with van der Waals surface area (Å²) in [5, 5.41) is 7.43. The number of rotatable bonds is 2. The largest absolute Gasteiger partial charge is 0.282 e. The van der Waals surface area contributed by atoms with E-state index in [1.807, 2.05) is 54.5 Å². The molecule has 0 aromatic carbocycles. The highest BCUT2D eigenvalue weighted by molar-refractivity contribution is 5.79. The first kappa shape index (κ1) is 21.7. The molecule has 0 radical (unpaired) electrons. The predicted molar refractivity (Wildman–Crippen MR) is 97.6 cm³/mol. The van der Waals surface area contributed by atoms with Gasteiger partial charge in [-0.15, -0.1) is 0 Å².